The average Bonchev–Trinajstić information content (AvgIpc) is 2.68. The average molecular weight is 292 g/mol. The van der Waals surface area contributed by atoms with Crippen molar-refractivity contribution in [1.29, 1.82) is 0 Å². The number of nitrogens with zero attached hydrogens (tertiary/aromatic N) is 4. The van der Waals surface area contributed by atoms with E-state index >= 15 is 0 Å². The van der Waals surface area contributed by atoms with Crippen molar-refractivity contribution in [2.45, 2.75) is 32.4 Å². The molecule has 0 N–H and O–H groups in total. The molecule has 1 aliphatic rings. The van der Waals surface area contributed by atoms with Gasteiger partial charge in [0.05, 0.1) is 0 Å². The van der Waals surface area contributed by atoms with E-state index in [0.717, 1.165) is 13.0 Å². The normalized spacial score (nSPS) is 21.4. The van der Waals surface area contributed by atoms with Crippen molar-refractivity contribution >= 4 is 5.91 Å². The van der Waals surface area contributed by atoms with Crippen LogP contribution in [-0.4, -0.2) is 58.0 Å². The molecule has 0 aromatic carbocycles. The molecule has 6 heteroatoms. The van der Waals surface area contributed by atoms with E-state index in [0.29, 0.717) is 12.5 Å². The summed E-state index contributed by atoms with van der Waals surface area (Å²) in [7, 11) is 3.93. The van der Waals surface area contributed by atoms with E-state index in [4.69, 9.17) is 0 Å². The molecule has 0 bridgehead atoms. The SMILES string of the molecule is CN(C[C@H]1CCN(C)C1(C)C)C(=O)Cn1cccnc1=O. The molecule has 0 saturated carbocycles. The van der Waals surface area contributed by atoms with Crippen LogP contribution in [0.5, 0.6) is 0 Å². The maximum Gasteiger partial charge on any atom is 0.347 e. The van der Waals surface area contributed by atoms with Gasteiger partial charge in [-0.2, -0.15) is 0 Å². The van der Waals surface area contributed by atoms with Crippen LogP contribution in [0.4, 0.5) is 0 Å². The summed E-state index contributed by atoms with van der Waals surface area (Å²) in [6.45, 7) is 6.25. The van der Waals surface area contributed by atoms with Crippen LogP contribution in [0, 0.1) is 5.92 Å². The van der Waals surface area contributed by atoms with Crippen LogP contribution in [-0.2, 0) is 11.3 Å². The molecule has 1 aliphatic heterocycles. The van der Waals surface area contributed by atoms with Crippen molar-refractivity contribution in [2.24, 2.45) is 5.92 Å². The van der Waals surface area contributed by atoms with Crippen LogP contribution in [0.2, 0.25) is 0 Å². The van der Waals surface area contributed by atoms with Gasteiger partial charge in [-0.05, 0) is 45.8 Å². The number of carbonyl (C=O) groups is 1. The molecule has 1 aromatic rings. The Hall–Kier alpha value is -1.69. The highest BCUT2D eigenvalue weighted by Crippen LogP contribution is 2.33. The minimum atomic E-state index is -0.389. The number of hydrogen-bond donors (Lipinski definition) is 0. The molecule has 2 rings (SSSR count). The molecule has 2 heterocycles. The lowest BCUT2D eigenvalue weighted by molar-refractivity contribution is -0.131. The summed E-state index contributed by atoms with van der Waals surface area (Å²) >= 11 is 0. The van der Waals surface area contributed by atoms with Gasteiger partial charge in [-0.3, -0.25) is 9.36 Å². The van der Waals surface area contributed by atoms with E-state index in [1.54, 1.807) is 24.2 Å². The van der Waals surface area contributed by atoms with Crippen molar-refractivity contribution in [1.82, 2.24) is 19.4 Å². The van der Waals surface area contributed by atoms with Gasteiger partial charge in [0.1, 0.15) is 6.54 Å². The summed E-state index contributed by atoms with van der Waals surface area (Å²) in [6.07, 6.45) is 4.12. The standard InChI is InChI=1S/C15H24N4O2/c1-15(2)12(6-9-18(15)4)10-17(3)13(20)11-19-8-5-7-16-14(19)21/h5,7-8,12H,6,9-11H2,1-4H3/t12-/m1/s1. The molecule has 0 aliphatic carbocycles. The first-order valence-electron chi connectivity index (χ1n) is 7.29. The predicted molar refractivity (Wildman–Crippen MR) is 81.0 cm³/mol. The number of hydrogen-bond acceptors (Lipinski definition) is 4. The molecule has 1 atom stereocenters. The van der Waals surface area contributed by atoms with Crippen molar-refractivity contribution in [3.8, 4) is 0 Å². The highest BCUT2D eigenvalue weighted by atomic mass is 16.2. The van der Waals surface area contributed by atoms with Gasteiger partial charge in [0.25, 0.3) is 0 Å². The molecule has 0 spiro atoms. The molecule has 0 radical (unpaired) electrons. The highest BCUT2D eigenvalue weighted by Gasteiger charge is 2.39. The zero-order chi connectivity index (χ0) is 15.6. The maximum absolute atomic E-state index is 12.3. The van der Waals surface area contributed by atoms with Gasteiger partial charge in [-0.25, -0.2) is 9.78 Å². The van der Waals surface area contributed by atoms with Crippen LogP contribution in [0.25, 0.3) is 0 Å². The second kappa shape index (κ2) is 5.97. The lowest BCUT2D eigenvalue weighted by Gasteiger charge is -2.35. The quantitative estimate of drug-likeness (QED) is 0.807. The minimum absolute atomic E-state index is 0.0478. The number of likely N-dealkylation sites (N-methyl/N-ethyl adjacent to an activating group) is 1. The number of likely N-dealkylation sites (tertiary alicyclic amines) is 1. The Morgan fingerprint density at radius 2 is 2.24 bits per heavy atom. The number of carbonyl (C=O) groups excluding carboxylic acids is 1. The highest BCUT2D eigenvalue weighted by molar-refractivity contribution is 5.75. The third-order valence-electron chi connectivity index (χ3n) is 4.80. The van der Waals surface area contributed by atoms with Crippen molar-refractivity contribution in [3.05, 3.63) is 28.9 Å². The largest absolute Gasteiger partial charge is 0.347 e. The van der Waals surface area contributed by atoms with Crippen molar-refractivity contribution in [3.63, 3.8) is 0 Å². The second-order valence-corrected chi connectivity index (χ2v) is 6.37. The van der Waals surface area contributed by atoms with E-state index in [1.165, 1.54) is 10.8 Å². The topological polar surface area (TPSA) is 58.4 Å². The Balaban J connectivity index is 1.98. The summed E-state index contributed by atoms with van der Waals surface area (Å²) in [6, 6.07) is 1.66. The van der Waals surface area contributed by atoms with Crippen molar-refractivity contribution < 1.29 is 4.79 Å². The Kier molecular flexibility index (Phi) is 4.46. The summed E-state index contributed by atoms with van der Waals surface area (Å²) in [5, 5.41) is 0. The van der Waals surface area contributed by atoms with Gasteiger partial charge in [-0.1, -0.05) is 0 Å². The lowest BCUT2D eigenvalue weighted by atomic mass is 9.88. The van der Waals surface area contributed by atoms with Crippen molar-refractivity contribution in [2.75, 3.05) is 27.2 Å². The summed E-state index contributed by atoms with van der Waals surface area (Å²) < 4.78 is 1.34. The molecular weight excluding hydrogens is 268 g/mol. The molecule has 1 amide bonds. The van der Waals surface area contributed by atoms with Crippen LogP contribution >= 0.6 is 0 Å². The van der Waals surface area contributed by atoms with Gasteiger partial charge in [0.15, 0.2) is 0 Å². The van der Waals surface area contributed by atoms with Gasteiger partial charge in [-0.15, -0.1) is 0 Å². The molecule has 1 saturated heterocycles. The molecule has 1 aromatic heterocycles. The number of amides is 1. The van der Waals surface area contributed by atoms with Gasteiger partial charge < -0.3 is 9.80 Å². The molecule has 1 fully saturated rings. The fourth-order valence-electron chi connectivity index (χ4n) is 2.82. The van der Waals surface area contributed by atoms with E-state index in [2.05, 4.69) is 30.8 Å². The third-order valence-corrected chi connectivity index (χ3v) is 4.80. The Morgan fingerprint density at radius 3 is 2.81 bits per heavy atom. The minimum Gasteiger partial charge on any atom is -0.344 e. The van der Waals surface area contributed by atoms with Crippen LogP contribution < -0.4 is 5.69 Å². The Bertz CT molecular complexity index is 567. The van der Waals surface area contributed by atoms with E-state index < -0.39 is 0 Å². The van der Waals surface area contributed by atoms with Gasteiger partial charge in [0.2, 0.25) is 5.91 Å². The van der Waals surface area contributed by atoms with Crippen LogP contribution in [0.15, 0.2) is 23.3 Å². The van der Waals surface area contributed by atoms with Gasteiger partial charge in [0, 0.05) is 31.5 Å². The number of aromatic nitrogens is 2. The fraction of sp³-hybridized carbons (Fsp3) is 0.667. The third kappa shape index (κ3) is 3.32. The van der Waals surface area contributed by atoms with E-state index in [-0.39, 0.29) is 23.7 Å². The van der Waals surface area contributed by atoms with E-state index in [9.17, 15) is 9.59 Å². The zero-order valence-corrected chi connectivity index (χ0v) is 13.2. The monoisotopic (exact) mass is 292 g/mol. The molecule has 116 valence electrons. The first-order valence-corrected chi connectivity index (χ1v) is 7.29. The summed E-state index contributed by atoms with van der Waals surface area (Å²) in [4.78, 5) is 31.5. The summed E-state index contributed by atoms with van der Waals surface area (Å²) in [5.74, 6) is 0.387. The Morgan fingerprint density at radius 1 is 1.52 bits per heavy atom. The van der Waals surface area contributed by atoms with E-state index in [1.807, 2.05) is 0 Å². The Labute approximate surface area is 125 Å². The van der Waals surface area contributed by atoms with Crippen LogP contribution in [0.3, 0.4) is 0 Å². The zero-order valence-electron chi connectivity index (χ0n) is 13.2. The number of rotatable bonds is 4. The lowest BCUT2D eigenvalue weighted by Crippen LogP contribution is -2.45. The second-order valence-electron chi connectivity index (χ2n) is 6.37. The molecule has 0 unspecified atom stereocenters. The summed E-state index contributed by atoms with van der Waals surface area (Å²) in [5.41, 5.74) is -0.292. The first-order chi connectivity index (χ1) is 9.82. The maximum atomic E-state index is 12.3. The molecular formula is C15H24N4O2. The van der Waals surface area contributed by atoms with Crippen LogP contribution in [0.1, 0.15) is 20.3 Å². The fourth-order valence-corrected chi connectivity index (χ4v) is 2.82. The predicted octanol–water partition coefficient (Wildman–Crippen LogP) is 0.432. The smallest absolute Gasteiger partial charge is 0.344 e. The molecule has 21 heavy (non-hydrogen) atoms. The van der Waals surface area contributed by atoms with Gasteiger partial charge >= 0.3 is 5.69 Å². The first kappa shape index (κ1) is 15.7. The molecule has 6 nitrogen and oxygen atoms in total.